The molecule has 1 saturated heterocycles. The molecule has 0 spiro atoms. The number of fused-ring (bicyclic) bond motifs is 1. The lowest BCUT2D eigenvalue weighted by Gasteiger charge is -2.24. The third-order valence-electron chi connectivity index (χ3n) is 6.81. The molecule has 1 aromatic heterocycles. The molecule has 2 aliphatic heterocycles. The van der Waals surface area contributed by atoms with Crippen LogP contribution in [0.5, 0.6) is 23.0 Å². The van der Waals surface area contributed by atoms with E-state index in [0.717, 1.165) is 17.8 Å². The standard InChI is InChI=1S/C32H32N2O9S/c1-5-12-40-21-10-8-19(16-23(21)39-7-3)26-25(27(35)20-9-11-22-24(17-20)42-15-14-41-22)28(36)30(37)34(26)32-33-18(4)29(44-32)31(38)43-13-6-2/h6,8-11,16-17,26,35H,2,5,7,12-15H2,1,3-4H3/b27-25+. The number of nitrogens with zero attached hydrogens (tertiary/aromatic N) is 2. The van der Waals surface area contributed by atoms with Gasteiger partial charge in [-0.25, -0.2) is 9.78 Å². The van der Waals surface area contributed by atoms with Crippen molar-refractivity contribution in [2.45, 2.75) is 33.2 Å². The number of carbonyl (C=O) groups is 3. The van der Waals surface area contributed by atoms with Crippen LogP contribution in [0.15, 0.2) is 54.6 Å². The van der Waals surface area contributed by atoms with Crippen molar-refractivity contribution in [3.05, 3.63) is 76.3 Å². The number of ketones is 1. The highest BCUT2D eigenvalue weighted by Crippen LogP contribution is 2.46. The number of aliphatic hydroxyl groups is 1. The van der Waals surface area contributed by atoms with Gasteiger partial charge in [-0.2, -0.15) is 0 Å². The number of aryl methyl sites for hydroxylation is 1. The van der Waals surface area contributed by atoms with Crippen LogP contribution in [-0.2, 0) is 14.3 Å². The van der Waals surface area contributed by atoms with E-state index in [9.17, 15) is 19.5 Å². The van der Waals surface area contributed by atoms with E-state index in [1.165, 1.54) is 11.0 Å². The fraction of sp³-hybridized carbons (Fsp3) is 0.312. The lowest BCUT2D eigenvalue weighted by atomic mass is 9.95. The summed E-state index contributed by atoms with van der Waals surface area (Å²) >= 11 is 0.913. The molecule has 3 aromatic rings. The minimum Gasteiger partial charge on any atom is -0.507 e. The maximum Gasteiger partial charge on any atom is 0.350 e. The van der Waals surface area contributed by atoms with Crippen molar-refractivity contribution >= 4 is 39.9 Å². The molecular formula is C32H32N2O9S. The van der Waals surface area contributed by atoms with Crippen LogP contribution in [0.25, 0.3) is 5.76 Å². The maximum atomic E-state index is 13.7. The molecule has 1 unspecified atom stereocenters. The molecule has 5 rings (SSSR count). The van der Waals surface area contributed by atoms with Crippen molar-refractivity contribution in [2.75, 3.05) is 37.9 Å². The highest BCUT2D eigenvalue weighted by atomic mass is 32.1. The number of hydrogen-bond acceptors (Lipinski definition) is 11. The van der Waals surface area contributed by atoms with Gasteiger partial charge in [-0.05, 0) is 56.2 Å². The zero-order valence-corrected chi connectivity index (χ0v) is 25.4. The first-order valence-corrected chi connectivity index (χ1v) is 15.0. The zero-order valence-electron chi connectivity index (χ0n) is 24.6. The maximum absolute atomic E-state index is 13.7. The first-order chi connectivity index (χ1) is 21.3. The van der Waals surface area contributed by atoms with Crippen LogP contribution < -0.4 is 23.8 Å². The molecular weight excluding hydrogens is 588 g/mol. The molecule has 2 aromatic carbocycles. The molecule has 11 nitrogen and oxygen atoms in total. The van der Waals surface area contributed by atoms with Crippen molar-refractivity contribution in [1.82, 2.24) is 4.98 Å². The van der Waals surface area contributed by atoms with Gasteiger partial charge in [-0.1, -0.05) is 37.0 Å². The summed E-state index contributed by atoms with van der Waals surface area (Å²) in [6.45, 7) is 10.5. The zero-order chi connectivity index (χ0) is 31.4. The van der Waals surface area contributed by atoms with Crippen LogP contribution in [0.1, 0.15) is 52.8 Å². The number of amides is 1. The average molecular weight is 621 g/mol. The number of carbonyl (C=O) groups excluding carboxylic acids is 3. The quantitative estimate of drug-likeness (QED) is 0.0979. The number of hydrogen-bond donors (Lipinski definition) is 1. The van der Waals surface area contributed by atoms with Gasteiger partial charge in [-0.15, -0.1) is 0 Å². The minimum atomic E-state index is -1.12. The fourth-order valence-corrected chi connectivity index (χ4v) is 5.85. The Labute approximate surface area is 258 Å². The summed E-state index contributed by atoms with van der Waals surface area (Å²) in [4.78, 5) is 46.0. The molecule has 2 aliphatic rings. The Kier molecular flexibility index (Phi) is 9.19. The number of Topliss-reactive ketones (excluding diaryl/α,β-unsaturated/α-hetero) is 1. The number of ether oxygens (including phenoxy) is 5. The summed E-state index contributed by atoms with van der Waals surface area (Å²) in [5, 5.41) is 11.7. The molecule has 0 radical (unpaired) electrons. The Morgan fingerprint density at radius 3 is 2.61 bits per heavy atom. The van der Waals surface area contributed by atoms with Crippen LogP contribution in [0.4, 0.5) is 5.13 Å². The van der Waals surface area contributed by atoms with Crippen LogP contribution in [0.3, 0.4) is 0 Å². The topological polar surface area (TPSA) is 134 Å². The van der Waals surface area contributed by atoms with E-state index in [1.807, 2.05) is 13.8 Å². The molecule has 0 saturated carbocycles. The number of aliphatic hydroxyl groups excluding tert-OH is 1. The average Bonchev–Trinajstić information content (AvgIpc) is 3.54. The van der Waals surface area contributed by atoms with E-state index < -0.39 is 29.5 Å². The Morgan fingerprint density at radius 2 is 1.89 bits per heavy atom. The van der Waals surface area contributed by atoms with Gasteiger partial charge in [0.25, 0.3) is 5.78 Å². The van der Waals surface area contributed by atoms with E-state index in [-0.39, 0.29) is 27.8 Å². The third-order valence-corrected chi connectivity index (χ3v) is 7.95. The smallest absolute Gasteiger partial charge is 0.350 e. The highest BCUT2D eigenvalue weighted by molar-refractivity contribution is 7.17. The van der Waals surface area contributed by atoms with Crippen LogP contribution in [0, 0.1) is 6.92 Å². The lowest BCUT2D eigenvalue weighted by Crippen LogP contribution is -2.29. The van der Waals surface area contributed by atoms with Crippen molar-refractivity contribution in [1.29, 1.82) is 0 Å². The normalized spacial score (nSPS) is 17.0. The monoisotopic (exact) mass is 620 g/mol. The van der Waals surface area contributed by atoms with Gasteiger partial charge in [0.05, 0.1) is 30.5 Å². The Hall–Kier alpha value is -4.84. The highest BCUT2D eigenvalue weighted by Gasteiger charge is 2.49. The minimum absolute atomic E-state index is 0.00178. The fourth-order valence-electron chi connectivity index (χ4n) is 4.86. The van der Waals surface area contributed by atoms with Crippen LogP contribution in [-0.4, -0.2) is 60.8 Å². The molecule has 0 aliphatic carbocycles. The molecule has 230 valence electrons. The number of aromatic nitrogens is 1. The first kappa shape index (κ1) is 30.6. The van der Waals surface area contributed by atoms with Crippen LogP contribution in [0.2, 0.25) is 0 Å². The molecule has 12 heteroatoms. The van der Waals surface area contributed by atoms with E-state index in [1.54, 1.807) is 43.3 Å². The second-order valence-electron chi connectivity index (χ2n) is 9.81. The Morgan fingerprint density at radius 1 is 1.11 bits per heavy atom. The summed E-state index contributed by atoms with van der Waals surface area (Å²) in [6.07, 6.45) is 2.22. The van der Waals surface area contributed by atoms with Crippen molar-refractivity contribution < 1.29 is 43.2 Å². The lowest BCUT2D eigenvalue weighted by molar-refractivity contribution is -0.132. The van der Waals surface area contributed by atoms with Crippen molar-refractivity contribution in [2.24, 2.45) is 0 Å². The Balaban J connectivity index is 1.67. The summed E-state index contributed by atoms with van der Waals surface area (Å²) in [5.74, 6) is -1.06. The largest absolute Gasteiger partial charge is 0.507 e. The van der Waals surface area contributed by atoms with Gasteiger partial charge < -0.3 is 28.8 Å². The summed E-state index contributed by atoms with van der Waals surface area (Å²) < 4.78 is 28.2. The van der Waals surface area contributed by atoms with Gasteiger partial charge in [0, 0.05) is 5.56 Å². The first-order valence-electron chi connectivity index (χ1n) is 14.1. The predicted octanol–water partition coefficient (Wildman–Crippen LogP) is 5.38. The molecule has 44 heavy (non-hydrogen) atoms. The second kappa shape index (κ2) is 13.2. The van der Waals surface area contributed by atoms with E-state index in [2.05, 4.69) is 11.6 Å². The van der Waals surface area contributed by atoms with Crippen molar-refractivity contribution in [3.63, 3.8) is 0 Å². The molecule has 1 atom stereocenters. The molecule has 1 N–H and O–H groups in total. The summed E-state index contributed by atoms with van der Waals surface area (Å²) in [5.41, 5.74) is 0.873. The third kappa shape index (κ3) is 5.85. The molecule has 0 bridgehead atoms. The number of esters is 1. The van der Waals surface area contributed by atoms with E-state index in [0.29, 0.717) is 60.7 Å². The Bertz CT molecular complexity index is 1640. The van der Waals surface area contributed by atoms with Gasteiger partial charge in [0.15, 0.2) is 28.1 Å². The van der Waals surface area contributed by atoms with Crippen LogP contribution >= 0.6 is 11.3 Å². The SMILES string of the molecule is C=CCOC(=O)c1sc(N2C(=O)C(=O)/C(=C(/O)c3ccc4c(c3)OCCO4)C2c2ccc(OCCC)c(OCC)c2)nc1C. The molecule has 1 amide bonds. The van der Waals surface area contributed by atoms with E-state index >= 15 is 0 Å². The van der Waals surface area contributed by atoms with Gasteiger partial charge in [0.1, 0.15) is 30.5 Å². The molecule has 1 fully saturated rings. The number of benzene rings is 2. The summed E-state index contributed by atoms with van der Waals surface area (Å²) in [6, 6.07) is 8.73. The number of anilines is 1. The second-order valence-corrected chi connectivity index (χ2v) is 10.8. The van der Waals surface area contributed by atoms with Gasteiger partial charge in [0.2, 0.25) is 0 Å². The van der Waals surface area contributed by atoms with Gasteiger partial charge >= 0.3 is 11.9 Å². The predicted molar refractivity (Wildman–Crippen MR) is 163 cm³/mol. The van der Waals surface area contributed by atoms with Crippen molar-refractivity contribution in [3.8, 4) is 23.0 Å². The van der Waals surface area contributed by atoms with E-state index in [4.69, 9.17) is 23.7 Å². The number of thiazole rings is 1. The van der Waals surface area contributed by atoms with Gasteiger partial charge in [-0.3, -0.25) is 14.5 Å². The summed E-state index contributed by atoms with van der Waals surface area (Å²) in [7, 11) is 0. The molecule has 3 heterocycles. The number of rotatable bonds is 11.